The van der Waals surface area contributed by atoms with Crippen molar-refractivity contribution >= 4 is 0 Å². The monoisotopic (exact) mass is 165 g/mol. The molecule has 0 aromatic heterocycles. The molecule has 0 bridgehead atoms. The van der Waals surface area contributed by atoms with E-state index in [4.69, 9.17) is 6.42 Å². The maximum Gasteiger partial charge on any atom is 0.00860 e. The van der Waals surface area contributed by atoms with Crippen LogP contribution in [0.1, 0.15) is 58.8 Å². The van der Waals surface area contributed by atoms with Crippen LogP contribution in [-0.2, 0) is 0 Å². The van der Waals surface area contributed by atoms with Crippen molar-refractivity contribution in [2.75, 3.05) is 0 Å². The molecule has 1 radical (unpaired) electrons. The Morgan fingerprint density at radius 1 is 1.00 bits per heavy atom. The van der Waals surface area contributed by atoms with Gasteiger partial charge >= 0.3 is 0 Å². The first-order valence-corrected chi connectivity index (χ1v) is 5.00. The fourth-order valence-corrected chi connectivity index (χ4v) is 1.24. The van der Waals surface area contributed by atoms with E-state index in [9.17, 15) is 0 Å². The predicted molar refractivity (Wildman–Crippen MR) is 55.7 cm³/mol. The minimum absolute atomic E-state index is 0.957. The zero-order valence-corrected chi connectivity index (χ0v) is 8.53. The van der Waals surface area contributed by atoms with E-state index in [-0.39, 0.29) is 0 Å². The van der Waals surface area contributed by atoms with Gasteiger partial charge in [-0.25, -0.2) is 0 Å². The second kappa shape index (κ2) is 8.65. The van der Waals surface area contributed by atoms with Gasteiger partial charge in [-0.1, -0.05) is 39.5 Å². The SMILES string of the molecule is C#CCCCCCCC[C](C)C. The lowest BCUT2D eigenvalue weighted by molar-refractivity contribution is 0.604. The van der Waals surface area contributed by atoms with Crippen LogP contribution in [-0.4, -0.2) is 0 Å². The van der Waals surface area contributed by atoms with Gasteiger partial charge in [-0.3, -0.25) is 0 Å². The highest BCUT2D eigenvalue weighted by Gasteiger charge is 1.94. The second-order valence-electron chi connectivity index (χ2n) is 3.68. The van der Waals surface area contributed by atoms with Gasteiger partial charge in [-0.2, -0.15) is 0 Å². The van der Waals surface area contributed by atoms with E-state index in [1.54, 1.807) is 5.92 Å². The van der Waals surface area contributed by atoms with E-state index < -0.39 is 0 Å². The Morgan fingerprint density at radius 3 is 2.17 bits per heavy atom. The van der Waals surface area contributed by atoms with Crippen LogP contribution in [0.15, 0.2) is 0 Å². The second-order valence-corrected chi connectivity index (χ2v) is 3.68. The van der Waals surface area contributed by atoms with Crippen molar-refractivity contribution in [2.24, 2.45) is 0 Å². The molecule has 0 aromatic rings. The smallest absolute Gasteiger partial charge is 0.00860 e. The molecule has 69 valence electrons. The van der Waals surface area contributed by atoms with Crippen molar-refractivity contribution in [3.63, 3.8) is 0 Å². The summed E-state index contributed by atoms with van der Waals surface area (Å²) in [5.74, 6) is 4.23. The average molecular weight is 165 g/mol. The van der Waals surface area contributed by atoms with E-state index >= 15 is 0 Å². The van der Waals surface area contributed by atoms with Gasteiger partial charge in [-0.15, -0.1) is 12.3 Å². The van der Waals surface area contributed by atoms with E-state index in [0.29, 0.717) is 0 Å². The maximum absolute atomic E-state index is 5.16. The molecule has 0 N–H and O–H groups in total. The number of hydrogen-bond donors (Lipinski definition) is 0. The quantitative estimate of drug-likeness (QED) is 0.395. The fourth-order valence-electron chi connectivity index (χ4n) is 1.24. The van der Waals surface area contributed by atoms with Crippen LogP contribution in [0.3, 0.4) is 0 Å². The summed E-state index contributed by atoms with van der Waals surface area (Å²) in [4.78, 5) is 0. The molecule has 0 rings (SSSR count). The zero-order chi connectivity index (χ0) is 9.23. The van der Waals surface area contributed by atoms with Gasteiger partial charge in [0.15, 0.2) is 0 Å². The molecule has 0 fully saturated rings. The molecule has 0 unspecified atom stereocenters. The molecule has 0 aromatic carbocycles. The highest BCUT2D eigenvalue weighted by Crippen LogP contribution is 2.11. The van der Waals surface area contributed by atoms with Crippen LogP contribution in [0.25, 0.3) is 0 Å². The third-order valence-electron chi connectivity index (χ3n) is 2.00. The Labute approximate surface area is 77.8 Å². The van der Waals surface area contributed by atoms with Gasteiger partial charge in [0, 0.05) is 6.42 Å². The Balaban J connectivity index is 2.87. The molecule has 0 heterocycles. The van der Waals surface area contributed by atoms with E-state index in [0.717, 1.165) is 6.42 Å². The third-order valence-corrected chi connectivity index (χ3v) is 2.00. The minimum Gasteiger partial charge on any atom is -0.120 e. The van der Waals surface area contributed by atoms with Crippen LogP contribution in [0.2, 0.25) is 0 Å². The summed E-state index contributed by atoms with van der Waals surface area (Å²) in [6, 6.07) is 0. The van der Waals surface area contributed by atoms with Crippen molar-refractivity contribution in [1.82, 2.24) is 0 Å². The third kappa shape index (κ3) is 9.56. The normalized spacial score (nSPS) is 10.2. The van der Waals surface area contributed by atoms with Crippen LogP contribution < -0.4 is 0 Å². The molecule has 0 heteroatoms. The summed E-state index contributed by atoms with van der Waals surface area (Å²) >= 11 is 0. The van der Waals surface area contributed by atoms with Gasteiger partial charge in [0.2, 0.25) is 0 Å². The standard InChI is InChI=1S/C12H21/c1-4-5-6-7-8-9-10-11-12(2)3/h1H,5-11H2,2-3H3. The molecule has 0 spiro atoms. The Kier molecular flexibility index (Phi) is 8.34. The highest BCUT2D eigenvalue weighted by molar-refractivity contribution is 4.82. The van der Waals surface area contributed by atoms with E-state index in [2.05, 4.69) is 19.8 Å². The fraction of sp³-hybridized carbons (Fsp3) is 0.750. The first-order chi connectivity index (χ1) is 5.77. The van der Waals surface area contributed by atoms with Crippen LogP contribution in [0.5, 0.6) is 0 Å². The molecule has 0 nitrogen and oxygen atoms in total. The lowest BCUT2D eigenvalue weighted by Gasteiger charge is -2.02. The summed E-state index contributed by atoms with van der Waals surface area (Å²) in [5, 5.41) is 0. The average Bonchev–Trinajstić information content (AvgIpc) is 2.02. The molecule has 0 aliphatic heterocycles. The van der Waals surface area contributed by atoms with Gasteiger partial charge < -0.3 is 0 Å². The first kappa shape index (κ1) is 11.6. The molecule has 12 heavy (non-hydrogen) atoms. The van der Waals surface area contributed by atoms with Gasteiger partial charge in [0.25, 0.3) is 0 Å². The topological polar surface area (TPSA) is 0 Å². The van der Waals surface area contributed by atoms with Crippen molar-refractivity contribution in [3.05, 3.63) is 5.92 Å². The minimum atomic E-state index is 0.957. The Hall–Kier alpha value is -0.440. The number of rotatable bonds is 7. The summed E-state index contributed by atoms with van der Waals surface area (Å²) in [6.45, 7) is 4.41. The lowest BCUT2D eigenvalue weighted by Crippen LogP contribution is -1.85. The van der Waals surface area contributed by atoms with Crippen molar-refractivity contribution < 1.29 is 0 Å². The first-order valence-electron chi connectivity index (χ1n) is 5.00. The zero-order valence-electron chi connectivity index (χ0n) is 8.53. The molecular formula is C12H21. The van der Waals surface area contributed by atoms with E-state index in [1.165, 1.54) is 38.5 Å². The summed E-state index contributed by atoms with van der Waals surface area (Å²) in [6.07, 6.45) is 14.0. The lowest BCUT2D eigenvalue weighted by atomic mass is 10.0. The number of terminal acetylenes is 1. The number of hydrogen-bond acceptors (Lipinski definition) is 0. The molecule has 0 aliphatic carbocycles. The highest BCUT2D eigenvalue weighted by atomic mass is 14.0. The van der Waals surface area contributed by atoms with Crippen LogP contribution in [0, 0.1) is 18.3 Å². The molecule has 0 aliphatic rings. The molecule has 0 saturated carbocycles. The summed E-state index contributed by atoms with van der Waals surface area (Å²) in [7, 11) is 0. The Bertz CT molecular complexity index is 116. The molecular weight excluding hydrogens is 144 g/mol. The number of unbranched alkanes of at least 4 members (excludes halogenated alkanes) is 5. The van der Waals surface area contributed by atoms with Gasteiger partial charge in [-0.05, 0) is 18.8 Å². The van der Waals surface area contributed by atoms with Crippen LogP contribution in [0.4, 0.5) is 0 Å². The molecule has 0 atom stereocenters. The largest absolute Gasteiger partial charge is 0.120 e. The van der Waals surface area contributed by atoms with Gasteiger partial charge in [0.1, 0.15) is 0 Å². The summed E-state index contributed by atoms with van der Waals surface area (Å²) < 4.78 is 0. The van der Waals surface area contributed by atoms with Crippen molar-refractivity contribution in [3.8, 4) is 12.3 Å². The van der Waals surface area contributed by atoms with Crippen molar-refractivity contribution in [1.29, 1.82) is 0 Å². The Morgan fingerprint density at radius 2 is 1.58 bits per heavy atom. The maximum atomic E-state index is 5.16. The summed E-state index contributed by atoms with van der Waals surface area (Å²) in [5.41, 5.74) is 0. The van der Waals surface area contributed by atoms with Crippen molar-refractivity contribution in [2.45, 2.75) is 58.8 Å². The molecule has 0 amide bonds. The predicted octanol–water partition coefficient (Wildman–Crippen LogP) is 3.96. The van der Waals surface area contributed by atoms with Crippen LogP contribution >= 0.6 is 0 Å². The van der Waals surface area contributed by atoms with E-state index in [1.807, 2.05) is 0 Å². The molecule has 0 saturated heterocycles. The van der Waals surface area contributed by atoms with Gasteiger partial charge in [0.05, 0.1) is 0 Å².